The molecule has 0 bridgehead atoms. The van der Waals surface area contributed by atoms with Crippen molar-refractivity contribution in [3.8, 4) is 5.69 Å². The van der Waals surface area contributed by atoms with Crippen molar-refractivity contribution in [3.63, 3.8) is 0 Å². The predicted molar refractivity (Wildman–Crippen MR) is 78.6 cm³/mol. The topological polar surface area (TPSA) is 38.1 Å². The molecule has 0 fully saturated rings. The van der Waals surface area contributed by atoms with Gasteiger partial charge >= 0.3 is 0 Å². The Kier molecular flexibility index (Phi) is 4.04. The minimum Gasteiger partial charge on any atom is -0.342 e. The fourth-order valence-electron chi connectivity index (χ4n) is 1.81. The van der Waals surface area contributed by atoms with Crippen LogP contribution in [-0.4, -0.2) is 34.2 Å². The van der Waals surface area contributed by atoms with Crippen LogP contribution in [0.3, 0.4) is 0 Å². The molecule has 1 aromatic carbocycles. The number of rotatable bonds is 3. The largest absolute Gasteiger partial charge is 0.342 e. The van der Waals surface area contributed by atoms with Crippen molar-refractivity contribution in [2.24, 2.45) is 0 Å². The summed E-state index contributed by atoms with van der Waals surface area (Å²) in [6.45, 7) is 4.54. The monoisotopic (exact) mass is 321 g/mol. The molecule has 0 unspecified atom stereocenters. The zero-order chi connectivity index (χ0) is 14.0. The maximum absolute atomic E-state index is 12.2. The molecule has 0 saturated heterocycles. The second-order valence-electron chi connectivity index (χ2n) is 4.35. The summed E-state index contributed by atoms with van der Waals surface area (Å²) in [5.41, 5.74) is 2.44. The minimum atomic E-state index is 0.00311. The second kappa shape index (κ2) is 5.57. The van der Waals surface area contributed by atoms with Crippen molar-refractivity contribution in [2.45, 2.75) is 13.8 Å². The van der Waals surface area contributed by atoms with Crippen molar-refractivity contribution in [3.05, 3.63) is 46.2 Å². The van der Waals surface area contributed by atoms with Crippen LogP contribution < -0.4 is 0 Å². The summed E-state index contributed by atoms with van der Waals surface area (Å²) in [5, 5.41) is 4.31. The molecular formula is C14H16BrN3O. The van der Waals surface area contributed by atoms with Gasteiger partial charge in [-0.1, -0.05) is 15.9 Å². The summed E-state index contributed by atoms with van der Waals surface area (Å²) in [6, 6.07) is 7.83. The molecule has 100 valence electrons. The molecule has 19 heavy (non-hydrogen) atoms. The number of benzene rings is 1. The number of nitrogens with zero attached hydrogens (tertiary/aromatic N) is 3. The smallest absolute Gasteiger partial charge is 0.257 e. The Labute approximate surface area is 121 Å². The van der Waals surface area contributed by atoms with Gasteiger partial charge in [0.2, 0.25) is 0 Å². The van der Waals surface area contributed by atoms with E-state index in [0.717, 1.165) is 15.9 Å². The lowest BCUT2D eigenvalue weighted by atomic mass is 10.2. The van der Waals surface area contributed by atoms with E-state index in [1.54, 1.807) is 22.8 Å². The second-order valence-corrected chi connectivity index (χ2v) is 5.27. The number of carbonyl (C=O) groups excluding carboxylic acids is 1. The molecule has 2 rings (SSSR count). The Balaban J connectivity index is 2.38. The third kappa shape index (κ3) is 2.71. The standard InChI is InChI=1S/C14H16BrN3O/c1-4-17(3)14(19)13-9-16-18(10(13)2)12-7-5-11(15)6-8-12/h5-9H,4H2,1-3H3. The van der Waals surface area contributed by atoms with Gasteiger partial charge in [-0.3, -0.25) is 4.79 Å². The van der Waals surface area contributed by atoms with Crippen LogP contribution in [0.15, 0.2) is 34.9 Å². The minimum absolute atomic E-state index is 0.00311. The molecule has 1 heterocycles. The maximum Gasteiger partial charge on any atom is 0.257 e. The summed E-state index contributed by atoms with van der Waals surface area (Å²) in [5.74, 6) is 0.00311. The number of halogens is 1. The third-order valence-electron chi connectivity index (χ3n) is 3.13. The number of hydrogen-bond donors (Lipinski definition) is 0. The van der Waals surface area contributed by atoms with Crippen LogP contribution in [0.1, 0.15) is 23.0 Å². The van der Waals surface area contributed by atoms with Crippen LogP contribution in [-0.2, 0) is 0 Å². The van der Waals surface area contributed by atoms with Crippen LogP contribution in [0, 0.1) is 6.92 Å². The van der Waals surface area contributed by atoms with Crippen molar-refractivity contribution >= 4 is 21.8 Å². The lowest BCUT2D eigenvalue weighted by molar-refractivity contribution is 0.0801. The zero-order valence-corrected chi connectivity index (χ0v) is 12.8. The van der Waals surface area contributed by atoms with E-state index in [4.69, 9.17) is 0 Å². The van der Waals surface area contributed by atoms with Crippen molar-refractivity contribution in [1.82, 2.24) is 14.7 Å². The fraction of sp³-hybridized carbons (Fsp3) is 0.286. The van der Waals surface area contributed by atoms with E-state index in [2.05, 4.69) is 21.0 Å². The first-order valence-corrected chi connectivity index (χ1v) is 6.90. The van der Waals surface area contributed by atoms with Gasteiger partial charge in [0.25, 0.3) is 5.91 Å². The van der Waals surface area contributed by atoms with Gasteiger partial charge in [-0.2, -0.15) is 5.10 Å². The lowest BCUT2D eigenvalue weighted by Crippen LogP contribution is -2.26. The zero-order valence-electron chi connectivity index (χ0n) is 11.2. The summed E-state index contributed by atoms with van der Waals surface area (Å²) in [6.07, 6.45) is 1.63. The van der Waals surface area contributed by atoms with Crippen LogP contribution in [0.2, 0.25) is 0 Å². The highest BCUT2D eigenvalue weighted by Crippen LogP contribution is 2.18. The number of hydrogen-bond acceptors (Lipinski definition) is 2. The van der Waals surface area contributed by atoms with E-state index < -0.39 is 0 Å². The highest BCUT2D eigenvalue weighted by Gasteiger charge is 2.17. The molecule has 0 aliphatic heterocycles. The van der Waals surface area contributed by atoms with Gasteiger partial charge < -0.3 is 4.90 Å². The molecule has 1 amide bonds. The van der Waals surface area contributed by atoms with Gasteiger partial charge in [0.1, 0.15) is 0 Å². The Morgan fingerprint density at radius 1 is 1.37 bits per heavy atom. The van der Waals surface area contributed by atoms with Crippen LogP contribution >= 0.6 is 15.9 Å². The molecule has 0 aliphatic carbocycles. The molecule has 0 saturated carbocycles. The highest BCUT2D eigenvalue weighted by molar-refractivity contribution is 9.10. The summed E-state index contributed by atoms with van der Waals surface area (Å²) >= 11 is 3.40. The van der Waals surface area contributed by atoms with Gasteiger partial charge in [0.15, 0.2) is 0 Å². The van der Waals surface area contributed by atoms with Crippen molar-refractivity contribution < 1.29 is 4.79 Å². The third-order valence-corrected chi connectivity index (χ3v) is 3.66. The molecule has 0 atom stereocenters. The van der Waals surface area contributed by atoms with E-state index in [1.807, 2.05) is 38.1 Å². The normalized spacial score (nSPS) is 10.5. The first-order valence-electron chi connectivity index (χ1n) is 6.10. The average Bonchev–Trinajstić information content (AvgIpc) is 2.80. The highest BCUT2D eigenvalue weighted by atomic mass is 79.9. The summed E-state index contributed by atoms with van der Waals surface area (Å²) in [4.78, 5) is 13.8. The van der Waals surface area contributed by atoms with E-state index in [9.17, 15) is 4.79 Å². The van der Waals surface area contributed by atoms with E-state index >= 15 is 0 Å². The molecular weight excluding hydrogens is 306 g/mol. The maximum atomic E-state index is 12.2. The molecule has 0 radical (unpaired) electrons. The average molecular weight is 322 g/mol. The van der Waals surface area contributed by atoms with Gasteiger partial charge in [-0.05, 0) is 38.1 Å². The van der Waals surface area contributed by atoms with Crippen molar-refractivity contribution in [1.29, 1.82) is 0 Å². The number of aromatic nitrogens is 2. The number of carbonyl (C=O) groups is 1. The number of amides is 1. The SMILES string of the molecule is CCN(C)C(=O)c1cnn(-c2ccc(Br)cc2)c1C. The predicted octanol–water partition coefficient (Wildman–Crippen LogP) is 3.04. The van der Waals surface area contributed by atoms with Gasteiger partial charge in [0.05, 0.1) is 23.1 Å². The lowest BCUT2D eigenvalue weighted by Gasteiger charge is -2.14. The molecule has 2 aromatic rings. The molecule has 0 spiro atoms. The van der Waals surface area contributed by atoms with Gasteiger partial charge in [-0.25, -0.2) is 4.68 Å². The summed E-state index contributed by atoms with van der Waals surface area (Å²) in [7, 11) is 1.79. The Hall–Kier alpha value is -1.62. The molecule has 0 aliphatic rings. The molecule has 4 nitrogen and oxygen atoms in total. The Bertz CT molecular complexity index is 589. The van der Waals surface area contributed by atoms with Crippen LogP contribution in [0.25, 0.3) is 5.69 Å². The quantitative estimate of drug-likeness (QED) is 0.871. The Morgan fingerprint density at radius 2 is 2.00 bits per heavy atom. The van der Waals surface area contributed by atoms with E-state index in [-0.39, 0.29) is 5.91 Å². The van der Waals surface area contributed by atoms with Gasteiger partial charge in [0, 0.05) is 18.1 Å². The first-order chi connectivity index (χ1) is 9.04. The molecule has 0 N–H and O–H groups in total. The summed E-state index contributed by atoms with van der Waals surface area (Å²) < 4.78 is 2.80. The van der Waals surface area contributed by atoms with E-state index in [0.29, 0.717) is 12.1 Å². The first kappa shape index (κ1) is 13.8. The van der Waals surface area contributed by atoms with Crippen molar-refractivity contribution in [2.75, 3.05) is 13.6 Å². The van der Waals surface area contributed by atoms with Crippen LogP contribution in [0.5, 0.6) is 0 Å². The van der Waals surface area contributed by atoms with Crippen LogP contribution in [0.4, 0.5) is 0 Å². The molecule has 1 aromatic heterocycles. The van der Waals surface area contributed by atoms with Gasteiger partial charge in [-0.15, -0.1) is 0 Å². The molecule has 5 heteroatoms. The Morgan fingerprint density at radius 3 is 2.58 bits per heavy atom. The van der Waals surface area contributed by atoms with E-state index in [1.165, 1.54) is 0 Å². The fourth-order valence-corrected chi connectivity index (χ4v) is 2.08.